The average molecular weight is 2210 g/mol. The van der Waals surface area contributed by atoms with Crippen molar-refractivity contribution in [3.63, 3.8) is 0 Å². The van der Waals surface area contributed by atoms with Crippen molar-refractivity contribution < 1.29 is 97.4 Å². The number of phenolic OH excluding ortho intramolecular Hbond substituents is 2. The summed E-state index contributed by atoms with van der Waals surface area (Å²) in [6.45, 7) is 10.2. The van der Waals surface area contributed by atoms with Crippen molar-refractivity contribution in [2.75, 3.05) is 25.0 Å². The van der Waals surface area contributed by atoms with Crippen molar-refractivity contribution in [1.29, 1.82) is 0 Å². The molecular weight excluding hydrogens is 2130 g/mol. The molecule has 11 heterocycles. The molecule has 714 valence electrons. The Balaban J connectivity index is 0.000000141. The van der Waals surface area contributed by atoms with E-state index in [2.05, 4.69) is 142 Å². The molecule has 0 unspecified atom stereocenters. The topological polar surface area (TPSA) is 353 Å². The van der Waals surface area contributed by atoms with Crippen LogP contribution >= 0.6 is 87.1 Å². The fourth-order valence-electron chi connectivity index (χ4n) is 12.5. The number of rotatable bonds is 18. The SMILES string of the molecule is Cc1cc2nc(Nc3cccc(F)c3)ncc2cc1-c1nccs1.Cn1cc(-c2cc3nc(Nc4cccc(F)c4)ncc3cc2-c2nccs2)cn1.Cn1cc(B2OC(C)(C)C(C)(C)O2)cn1.O=S(=O)(N(SOOC(F)(F)F)c1ccccc1)C(F)(F)F.Oc1cc2nc(Nc3cccc(F)c3)ncc2cc1-c1nccs1.Oc1cc2nc(Nc3cccc(F)c3)ncc2cc1Br.[Zn+][Br].[c-]1nccs1. The van der Waals surface area contributed by atoms with Crippen molar-refractivity contribution >= 4 is 206 Å². The van der Waals surface area contributed by atoms with Gasteiger partial charge in [0.2, 0.25) is 23.8 Å². The third-order valence-electron chi connectivity index (χ3n) is 19.6. The zero-order valence-electron chi connectivity index (χ0n) is 73.7. The molecule has 0 spiro atoms. The second-order valence-corrected chi connectivity index (χ2v) is 36.9. The van der Waals surface area contributed by atoms with Crippen LogP contribution in [-0.2, 0) is 59.0 Å². The summed E-state index contributed by atoms with van der Waals surface area (Å²) in [7, 11) is -2.52. The molecule has 1 aliphatic rings. The maximum absolute atomic E-state index is 13.5. The Labute approximate surface area is 837 Å². The summed E-state index contributed by atoms with van der Waals surface area (Å²) >= 11 is 12.8. The van der Waals surface area contributed by atoms with Gasteiger partial charge in [-0.05, 0) is 189 Å². The van der Waals surface area contributed by atoms with E-state index in [4.69, 9.17) is 9.31 Å². The third kappa shape index (κ3) is 28.4. The summed E-state index contributed by atoms with van der Waals surface area (Å²) in [4.78, 5) is 54.3. The minimum Gasteiger partial charge on any atom is -0.394 e. The molecule has 29 nitrogen and oxygen atoms in total. The minimum atomic E-state index is -5.99. The smallest absolute Gasteiger partial charge is 0.0221 e. The maximum Gasteiger partial charge on any atom is -0.0221 e. The zero-order valence-corrected chi connectivity index (χ0v) is 84.7. The summed E-state index contributed by atoms with van der Waals surface area (Å²) < 4.78 is 167. The van der Waals surface area contributed by atoms with Gasteiger partial charge in [0.05, 0.1) is 55.2 Å². The second-order valence-electron chi connectivity index (χ2n) is 30.0. The first-order chi connectivity index (χ1) is 66.9. The van der Waals surface area contributed by atoms with E-state index in [9.17, 15) is 62.5 Å². The second kappa shape index (κ2) is 47.3. The molecule has 0 aliphatic carbocycles. The Morgan fingerprint density at radius 3 is 1.30 bits per heavy atom. The standard InChI is InChI=1S/C21H15FN6S.C18H13FN4S.C17H11FN4OS.C14H9BrFN3O.C10H17BN2O2.C8H5F6NO4S2.C3H2NS.BrH.Zn/c1-28-12-14(11-25-28)17-9-19-13(7-18(17)20-23-5-6-29-20)10-24-21(27-19)26-16-4-2-3-15(22)8-16;1-11-7-16-12(8-15(11)17-20-5-6-24-17)10-21-18(23-16)22-14-4-2-3-13(19)9-14;18-11-2-1-3-12(7-11)21-17-20-9-10-6-13(16-19-4-5-24-16)15(23)8-14(10)22-17;15-11-4-8-7-17-14(19-12(8)6-13(11)20)18-10-3-1-2-9(16)5-10;1-9(2)10(3,4)15-11(14-9)8-6-12-13(5)7-8;9-7(10,11)18-19-20-15(6-4-2-1-3-5-6)21(16,17)8(12,13)14;1-2-5-3-4-1;;/h2-12H,1H3,(H,24,26,27);2-10H,1H3,(H,21,22,23);1-9,23H,(H,20,21,22);1-7,20H,(H,17,18,19);6-7H,1-5H3;1-5H;1-2H;1H;/q;;;;;;-1;;+2/p-1. The molecule has 140 heavy (non-hydrogen) atoms. The number of phenols is 2. The molecular formula is C91H72BBr2F10N21O8S6Zn. The van der Waals surface area contributed by atoms with Crippen LogP contribution in [0.1, 0.15) is 33.3 Å². The largest absolute Gasteiger partial charge is 0.394 e. The minimum absolute atomic E-state index is 0.104. The van der Waals surface area contributed by atoms with Crippen molar-refractivity contribution in [2.24, 2.45) is 14.1 Å². The molecule has 6 N–H and O–H groups in total. The van der Waals surface area contributed by atoms with Gasteiger partial charge in [-0.2, -0.15) is 35.5 Å². The molecule has 49 heteroatoms. The van der Waals surface area contributed by atoms with Crippen LogP contribution in [0.25, 0.3) is 86.5 Å². The molecule has 0 amide bonds. The Kier molecular flexibility index (Phi) is 35.2. The van der Waals surface area contributed by atoms with E-state index in [1.165, 1.54) is 112 Å². The van der Waals surface area contributed by atoms with E-state index >= 15 is 0 Å². The summed E-state index contributed by atoms with van der Waals surface area (Å²) in [6, 6.07) is 44.8. The number of halogens is 12. The molecule has 0 saturated carbocycles. The zero-order chi connectivity index (χ0) is 100. The van der Waals surface area contributed by atoms with Crippen LogP contribution in [0.4, 0.5) is 96.1 Å². The van der Waals surface area contributed by atoms with Crippen molar-refractivity contribution in [3.8, 4) is 54.3 Å². The van der Waals surface area contributed by atoms with Gasteiger partial charge in [0.15, 0.2) is 12.2 Å². The summed E-state index contributed by atoms with van der Waals surface area (Å²) in [5.41, 5.74) is 7.68. The fourth-order valence-corrected chi connectivity index (χ4v) is 16.8. The van der Waals surface area contributed by atoms with Crippen LogP contribution in [0.5, 0.6) is 11.5 Å². The van der Waals surface area contributed by atoms with Crippen LogP contribution in [-0.4, -0.2) is 128 Å². The number of nitrogens with zero attached hydrogens (tertiary/aromatic N) is 17. The van der Waals surface area contributed by atoms with Crippen LogP contribution < -0.4 is 30.4 Å². The number of aromatic nitrogens is 16. The van der Waals surface area contributed by atoms with Crippen molar-refractivity contribution in [2.45, 2.75) is 57.7 Å². The van der Waals surface area contributed by atoms with Gasteiger partial charge in [-0.25, -0.2) is 72.4 Å². The summed E-state index contributed by atoms with van der Waals surface area (Å²) in [5.74, 6) is 0.424. The third-order valence-corrected chi connectivity index (χ3v) is 25.6. The van der Waals surface area contributed by atoms with E-state index in [0.717, 1.165) is 93.0 Å². The van der Waals surface area contributed by atoms with Crippen molar-refractivity contribution in [1.82, 2.24) is 79.4 Å². The first-order valence-corrected chi connectivity index (χ1v) is 54.0. The molecule has 20 rings (SSSR count). The number of para-hydroxylation sites is 1. The molecule has 1 aliphatic heterocycles. The molecule has 1 fully saturated rings. The van der Waals surface area contributed by atoms with Gasteiger partial charge in [0, 0.05) is 171 Å². The Morgan fingerprint density at radius 1 is 0.493 bits per heavy atom. The van der Waals surface area contributed by atoms with Gasteiger partial charge in [-0.3, -0.25) is 20.7 Å². The predicted molar refractivity (Wildman–Crippen MR) is 527 cm³/mol. The molecule has 1 saturated heterocycles. The first kappa shape index (κ1) is 104. The Bertz CT molecular complexity index is 7310. The predicted octanol–water partition coefficient (Wildman–Crippen LogP) is 24.2. The number of thiazole rings is 4. The number of hydrogen-bond donors (Lipinski definition) is 6. The number of benzene rings is 9. The molecule has 0 atom stereocenters. The number of nitrogens with one attached hydrogen (secondary N) is 4. The number of aromatic hydroxyl groups is 2. The Morgan fingerprint density at radius 2 is 0.907 bits per heavy atom. The van der Waals surface area contributed by atoms with Crippen LogP contribution in [0.15, 0.2) is 276 Å². The number of fused-ring (bicyclic) bond motifs is 4. The molecule has 19 aromatic rings. The van der Waals surface area contributed by atoms with E-state index in [1.54, 1.807) is 155 Å². The van der Waals surface area contributed by atoms with Gasteiger partial charge in [0.25, 0.3) is 0 Å². The monoisotopic (exact) mass is 2200 g/mol. The normalized spacial score (nSPS) is 12.4. The van der Waals surface area contributed by atoms with Crippen LogP contribution in [0.2, 0.25) is 0 Å². The van der Waals surface area contributed by atoms with E-state index in [1.807, 2.05) is 107 Å². The van der Waals surface area contributed by atoms with Crippen LogP contribution in [0.3, 0.4) is 0 Å². The summed E-state index contributed by atoms with van der Waals surface area (Å²) in [5, 5.41) is 53.9. The van der Waals surface area contributed by atoms with E-state index in [0.29, 0.717) is 67.6 Å². The van der Waals surface area contributed by atoms with E-state index < -0.39 is 43.5 Å². The molecule has 0 bridgehead atoms. The molecule has 10 aromatic heterocycles. The van der Waals surface area contributed by atoms with Gasteiger partial charge in [0.1, 0.15) is 49.8 Å². The Hall–Kier alpha value is -13.0. The summed E-state index contributed by atoms with van der Waals surface area (Å²) in [6.07, 6.45) is 16.0. The van der Waals surface area contributed by atoms with Gasteiger partial charge in [-0.1, -0.05) is 42.5 Å². The van der Waals surface area contributed by atoms with Crippen LogP contribution in [0, 0.1) is 35.7 Å². The van der Waals surface area contributed by atoms with Gasteiger partial charge in [-0.15, -0.1) is 68.0 Å². The van der Waals surface area contributed by atoms with E-state index in [-0.39, 0.29) is 53.1 Å². The fraction of sp³-hybridized carbons (Fsp3) is 0.121. The van der Waals surface area contributed by atoms with Gasteiger partial charge < -0.3 is 45.8 Å². The molecule has 0 radical (unpaired) electrons. The first-order valence-electron chi connectivity index (χ1n) is 40.6. The quantitative estimate of drug-likeness (QED) is 0.00884. The molecule has 9 aromatic carbocycles. The van der Waals surface area contributed by atoms with Crippen molar-refractivity contribution in [3.05, 3.63) is 311 Å². The van der Waals surface area contributed by atoms with Gasteiger partial charge >= 0.3 is 59.0 Å². The maximum atomic E-state index is 13.5. The number of alkyl halides is 6. The average Bonchev–Trinajstić information content (AvgIpc) is 1.61. The number of hydrogen-bond acceptors (Lipinski definition) is 31. The number of sulfonamides is 1. The number of aryl methyl sites for hydroxylation is 3. The number of anilines is 9.